The van der Waals surface area contributed by atoms with Gasteiger partial charge in [0.15, 0.2) is 6.29 Å². The third-order valence-corrected chi connectivity index (χ3v) is 11.4. The van der Waals surface area contributed by atoms with Crippen LogP contribution in [-0.2, 0) is 32.0 Å². The number of aliphatic hydroxyl groups is 3. The summed E-state index contributed by atoms with van der Waals surface area (Å²) in [7, 11) is 0. The number of aliphatic hydroxyl groups excluding tert-OH is 2. The summed E-state index contributed by atoms with van der Waals surface area (Å²) in [5.41, 5.74) is 2.27. The van der Waals surface area contributed by atoms with Gasteiger partial charge in [-0.2, -0.15) is 0 Å². The van der Waals surface area contributed by atoms with E-state index >= 15 is 0 Å². The van der Waals surface area contributed by atoms with Gasteiger partial charge in [-0.05, 0) is 99.2 Å². The highest BCUT2D eigenvalue weighted by Crippen LogP contribution is 2.50. The monoisotopic (exact) mass is 700 g/mol. The van der Waals surface area contributed by atoms with Gasteiger partial charge in [0.1, 0.15) is 18.5 Å². The first-order valence-electron chi connectivity index (χ1n) is 19.7. The molecule has 4 rings (SSSR count). The SMILES string of the molecule is CCCCC[C@H](O)CC[C@@H]1[C@H]2Cc3cccc(OCC(O)O)c3C[C@H]2C[C@H]1OC(=O)C1CCCCC1C(=O)NCCCCCCNC(=O)CC. The number of fused-ring (bicyclic) bond motifs is 2. The maximum absolute atomic E-state index is 14.0. The number of unbranched alkanes of at least 4 members (excludes halogenated alkanes) is 5. The maximum Gasteiger partial charge on any atom is 0.310 e. The van der Waals surface area contributed by atoms with Gasteiger partial charge in [0.05, 0.1) is 17.9 Å². The van der Waals surface area contributed by atoms with Crippen LogP contribution in [0.2, 0.25) is 0 Å². The molecule has 0 aliphatic heterocycles. The molecule has 7 atom stereocenters. The summed E-state index contributed by atoms with van der Waals surface area (Å²) < 4.78 is 12.2. The van der Waals surface area contributed by atoms with Crippen LogP contribution in [0.15, 0.2) is 18.2 Å². The molecule has 50 heavy (non-hydrogen) atoms. The zero-order valence-electron chi connectivity index (χ0n) is 30.6. The van der Waals surface area contributed by atoms with E-state index in [4.69, 9.17) is 9.47 Å². The van der Waals surface area contributed by atoms with Crippen molar-refractivity contribution in [3.05, 3.63) is 29.3 Å². The van der Waals surface area contributed by atoms with Gasteiger partial charge < -0.3 is 35.4 Å². The molecule has 0 aromatic heterocycles. The highest BCUT2D eigenvalue weighted by atomic mass is 16.5. The van der Waals surface area contributed by atoms with E-state index in [2.05, 4.69) is 23.6 Å². The topological polar surface area (TPSA) is 154 Å². The summed E-state index contributed by atoms with van der Waals surface area (Å²) in [6.45, 7) is 5.08. The zero-order chi connectivity index (χ0) is 35.9. The summed E-state index contributed by atoms with van der Waals surface area (Å²) in [4.78, 5) is 38.7. The molecule has 3 aliphatic carbocycles. The molecule has 10 nitrogen and oxygen atoms in total. The fourth-order valence-corrected chi connectivity index (χ4v) is 8.63. The number of carbonyl (C=O) groups is 3. The minimum Gasteiger partial charge on any atom is -0.488 e. The second-order valence-corrected chi connectivity index (χ2v) is 15.0. The first-order valence-corrected chi connectivity index (χ1v) is 19.7. The van der Waals surface area contributed by atoms with Gasteiger partial charge in [0, 0.05) is 19.5 Å². The number of hydrogen-bond acceptors (Lipinski definition) is 8. The lowest BCUT2D eigenvalue weighted by Gasteiger charge is -2.33. The standard InChI is InChI=1S/C40H64N2O8/c1-3-5-8-15-29(43)19-20-30-33-23-27-14-13-18-35(49-26-38(45)46)34(27)24-28(33)25-36(30)50-40(48)32-17-10-9-16-31(32)39(47)42-22-12-7-6-11-21-41-37(44)4-2/h13-14,18,28-33,36,38,43,45-46H,3-12,15-17,19-26H2,1-2H3,(H,41,44)(H,42,47)/t28-,29-,30+,31?,32?,33-,36+/m0/s1. The highest BCUT2D eigenvalue weighted by molar-refractivity contribution is 5.85. The predicted octanol–water partition coefficient (Wildman–Crippen LogP) is 5.37. The van der Waals surface area contributed by atoms with Crippen molar-refractivity contribution in [1.82, 2.24) is 10.6 Å². The number of esters is 1. The third kappa shape index (κ3) is 11.9. The van der Waals surface area contributed by atoms with E-state index in [1.54, 1.807) is 0 Å². The van der Waals surface area contributed by atoms with E-state index in [0.717, 1.165) is 95.5 Å². The number of amides is 2. The number of ether oxygens (including phenoxy) is 2. The van der Waals surface area contributed by atoms with Gasteiger partial charge in [0.2, 0.25) is 11.8 Å². The quantitative estimate of drug-likeness (QED) is 0.0652. The normalized spacial score (nSPS) is 25.0. The molecule has 0 radical (unpaired) electrons. The molecule has 0 spiro atoms. The van der Waals surface area contributed by atoms with Gasteiger partial charge in [-0.15, -0.1) is 0 Å². The molecule has 5 N–H and O–H groups in total. The molecule has 1 aromatic rings. The third-order valence-electron chi connectivity index (χ3n) is 11.4. The van der Waals surface area contributed by atoms with Crippen LogP contribution in [0.3, 0.4) is 0 Å². The van der Waals surface area contributed by atoms with E-state index in [0.29, 0.717) is 50.4 Å². The molecular weight excluding hydrogens is 636 g/mol. The molecule has 0 bridgehead atoms. The molecule has 3 aliphatic rings. The summed E-state index contributed by atoms with van der Waals surface area (Å²) in [6, 6.07) is 5.94. The summed E-state index contributed by atoms with van der Waals surface area (Å²) in [5.74, 6) is 0.309. The van der Waals surface area contributed by atoms with Crippen molar-refractivity contribution in [2.75, 3.05) is 19.7 Å². The Morgan fingerprint density at radius 2 is 1.62 bits per heavy atom. The summed E-state index contributed by atoms with van der Waals surface area (Å²) in [5, 5.41) is 35.6. The van der Waals surface area contributed by atoms with Gasteiger partial charge in [0.25, 0.3) is 0 Å². The van der Waals surface area contributed by atoms with Crippen LogP contribution < -0.4 is 15.4 Å². The lowest BCUT2D eigenvalue weighted by Crippen LogP contribution is -2.42. The van der Waals surface area contributed by atoms with Crippen molar-refractivity contribution in [3.63, 3.8) is 0 Å². The molecule has 2 unspecified atom stereocenters. The molecule has 0 saturated heterocycles. The van der Waals surface area contributed by atoms with Gasteiger partial charge in [-0.1, -0.05) is 70.9 Å². The van der Waals surface area contributed by atoms with Crippen LogP contribution in [0, 0.1) is 29.6 Å². The molecule has 282 valence electrons. The summed E-state index contributed by atoms with van der Waals surface area (Å²) in [6.07, 6.45) is 13.0. The largest absolute Gasteiger partial charge is 0.488 e. The number of carbonyl (C=O) groups excluding carboxylic acids is 3. The van der Waals surface area contributed by atoms with Crippen molar-refractivity contribution >= 4 is 17.8 Å². The number of nitrogens with one attached hydrogen (secondary N) is 2. The number of hydrogen-bond donors (Lipinski definition) is 5. The predicted molar refractivity (Wildman–Crippen MR) is 192 cm³/mol. The second kappa shape index (κ2) is 21.0. The Labute approximate surface area is 299 Å². The van der Waals surface area contributed by atoms with Crippen LogP contribution >= 0.6 is 0 Å². The minimum absolute atomic E-state index is 0.0512. The Morgan fingerprint density at radius 3 is 2.34 bits per heavy atom. The Bertz CT molecular complexity index is 1210. The highest BCUT2D eigenvalue weighted by Gasteiger charge is 2.48. The van der Waals surface area contributed by atoms with Crippen LogP contribution in [0.4, 0.5) is 0 Å². The van der Waals surface area contributed by atoms with Crippen molar-refractivity contribution in [2.24, 2.45) is 29.6 Å². The van der Waals surface area contributed by atoms with Gasteiger partial charge >= 0.3 is 5.97 Å². The van der Waals surface area contributed by atoms with E-state index in [9.17, 15) is 29.7 Å². The minimum atomic E-state index is -1.55. The average molecular weight is 701 g/mol. The van der Waals surface area contributed by atoms with Gasteiger partial charge in [-0.25, -0.2) is 0 Å². The molecule has 0 heterocycles. The van der Waals surface area contributed by atoms with Gasteiger partial charge in [-0.3, -0.25) is 14.4 Å². The Balaban J connectivity index is 1.36. The Morgan fingerprint density at radius 1 is 0.880 bits per heavy atom. The van der Waals surface area contributed by atoms with Crippen LogP contribution in [0.5, 0.6) is 5.75 Å². The first kappa shape index (κ1) is 40.1. The van der Waals surface area contributed by atoms with E-state index in [1.165, 1.54) is 5.56 Å². The van der Waals surface area contributed by atoms with E-state index < -0.39 is 12.2 Å². The molecule has 2 fully saturated rings. The second-order valence-electron chi connectivity index (χ2n) is 15.0. The smallest absolute Gasteiger partial charge is 0.310 e. The Hall–Kier alpha value is -2.69. The Kier molecular flexibility index (Phi) is 16.8. The van der Waals surface area contributed by atoms with E-state index in [1.807, 2.05) is 19.1 Å². The fourth-order valence-electron chi connectivity index (χ4n) is 8.63. The average Bonchev–Trinajstić information content (AvgIpc) is 3.44. The molecule has 2 amide bonds. The lowest BCUT2D eigenvalue weighted by molar-refractivity contribution is -0.162. The zero-order valence-corrected chi connectivity index (χ0v) is 30.6. The van der Waals surface area contributed by atoms with Crippen molar-refractivity contribution in [2.45, 2.75) is 148 Å². The first-order chi connectivity index (χ1) is 24.2. The lowest BCUT2D eigenvalue weighted by atomic mass is 9.73. The maximum atomic E-state index is 14.0. The van der Waals surface area contributed by atoms with Crippen molar-refractivity contribution in [1.29, 1.82) is 0 Å². The molecular formula is C40H64N2O8. The van der Waals surface area contributed by atoms with Crippen LogP contribution in [0.1, 0.15) is 128 Å². The molecule has 1 aromatic carbocycles. The van der Waals surface area contributed by atoms with E-state index in [-0.39, 0.29) is 54.4 Å². The van der Waals surface area contributed by atoms with Crippen molar-refractivity contribution < 1.29 is 39.2 Å². The molecule has 10 heteroatoms. The van der Waals surface area contributed by atoms with Crippen LogP contribution in [0.25, 0.3) is 0 Å². The van der Waals surface area contributed by atoms with Crippen LogP contribution in [-0.4, -0.2) is 71.3 Å². The number of benzene rings is 1. The van der Waals surface area contributed by atoms with Crippen molar-refractivity contribution in [3.8, 4) is 5.75 Å². The molecule has 2 saturated carbocycles. The number of rotatable bonds is 21. The fraction of sp³-hybridized carbons (Fsp3) is 0.775. The summed E-state index contributed by atoms with van der Waals surface area (Å²) >= 11 is 0.